The molecule has 0 fully saturated rings. The van der Waals surface area contributed by atoms with Crippen molar-refractivity contribution in [1.82, 2.24) is 15.3 Å². The fraction of sp³-hybridized carbons (Fsp3) is 0.667. The van der Waals surface area contributed by atoms with Gasteiger partial charge in [0.25, 0.3) is 0 Å². The fourth-order valence-corrected chi connectivity index (χ4v) is 1.42. The first-order valence-corrected chi connectivity index (χ1v) is 5.66. The maximum atomic E-state index is 4.30. The highest BCUT2D eigenvalue weighted by Gasteiger charge is 2.05. The molecule has 0 saturated carbocycles. The summed E-state index contributed by atoms with van der Waals surface area (Å²) in [7, 11) is 0. The van der Waals surface area contributed by atoms with Gasteiger partial charge in [0.1, 0.15) is 0 Å². The topological polar surface area (TPSA) is 37.8 Å². The average Bonchev–Trinajstić information content (AvgIpc) is 2.25. The van der Waals surface area contributed by atoms with Gasteiger partial charge >= 0.3 is 0 Å². The molecule has 1 heterocycles. The van der Waals surface area contributed by atoms with Gasteiger partial charge in [0.05, 0.1) is 5.69 Å². The average molecular weight is 207 g/mol. The molecule has 15 heavy (non-hydrogen) atoms. The van der Waals surface area contributed by atoms with E-state index in [1.807, 2.05) is 6.20 Å². The molecule has 0 aliphatic heterocycles. The number of nitrogens with one attached hydrogen (secondary N) is 1. The second-order valence-corrected chi connectivity index (χ2v) is 4.42. The van der Waals surface area contributed by atoms with E-state index in [1.54, 1.807) is 12.4 Å². The highest BCUT2D eigenvalue weighted by Crippen LogP contribution is 2.13. The predicted octanol–water partition coefficient (Wildman–Crippen LogP) is 2.22. The van der Waals surface area contributed by atoms with E-state index in [9.17, 15) is 0 Å². The summed E-state index contributed by atoms with van der Waals surface area (Å²) in [5, 5.41) is 3.44. The van der Waals surface area contributed by atoms with Crippen LogP contribution in [0.25, 0.3) is 0 Å². The standard InChI is InChI=1S/C12H21N3/c1-10(2)8-13-5-4-11(3)12-9-14-6-7-15-12/h6-7,9-11,13H,4-5,8H2,1-3H3. The molecule has 84 valence electrons. The van der Waals surface area contributed by atoms with E-state index in [0.29, 0.717) is 5.92 Å². The lowest BCUT2D eigenvalue weighted by Crippen LogP contribution is -2.22. The summed E-state index contributed by atoms with van der Waals surface area (Å²) in [6.07, 6.45) is 6.44. The number of aromatic nitrogens is 2. The Balaban J connectivity index is 2.22. The lowest BCUT2D eigenvalue weighted by molar-refractivity contribution is 0.521. The van der Waals surface area contributed by atoms with Crippen molar-refractivity contribution in [2.24, 2.45) is 5.92 Å². The highest BCUT2D eigenvalue weighted by molar-refractivity contribution is 5.01. The zero-order valence-corrected chi connectivity index (χ0v) is 9.90. The summed E-state index contributed by atoms with van der Waals surface area (Å²) in [5.74, 6) is 1.20. The normalized spacial score (nSPS) is 13.1. The summed E-state index contributed by atoms with van der Waals surface area (Å²) >= 11 is 0. The zero-order valence-electron chi connectivity index (χ0n) is 9.90. The molecule has 1 aromatic heterocycles. The molecule has 0 aliphatic rings. The maximum absolute atomic E-state index is 4.30. The van der Waals surface area contributed by atoms with Crippen molar-refractivity contribution in [1.29, 1.82) is 0 Å². The molecule has 0 saturated heterocycles. The second-order valence-electron chi connectivity index (χ2n) is 4.42. The number of rotatable bonds is 6. The van der Waals surface area contributed by atoms with Crippen LogP contribution < -0.4 is 5.32 Å². The molecule has 3 nitrogen and oxygen atoms in total. The molecule has 0 spiro atoms. The van der Waals surface area contributed by atoms with Crippen LogP contribution in [-0.2, 0) is 0 Å². The van der Waals surface area contributed by atoms with Gasteiger partial charge in [0.15, 0.2) is 0 Å². The van der Waals surface area contributed by atoms with E-state index in [0.717, 1.165) is 31.1 Å². The van der Waals surface area contributed by atoms with Gasteiger partial charge in [-0.15, -0.1) is 0 Å². The smallest absolute Gasteiger partial charge is 0.0615 e. The molecular weight excluding hydrogens is 186 g/mol. The Morgan fingerprint density at radius 2 is 2.07 bits per heavy atom. The van der Waals surface area contributed by atoms with Crippen LogP contribution in [0.5, 0.6) is 0 Å². The third kappa shape index (κ3) is 4.88. The SMILES string of the molecule is CC(C)CNCCC(C)c1cnccn1. The number of hydrogen-bond donors (Lipinski definition) is 1. The van der Waals surface area contributed by atoms with Gasteiger partial charge in [-0.05, 0) is 25.4 Å². The minimum absolute atomic E-state index is 0.485. The van der Waals surface area contributed by atoms with E-state index in [2.05, 4.69) is 36.1 Å². The molecule has 0 bridgehead atoms. The van der Waals surface area contributed by atoms with Crippen LogP contribution in [0.1, 0.15) is 38.8 Å². The molecule has 1 atom stereocenters. The van der Waals surface area contributed by atoms with Gasteiger partial charge in [-0.2, -0.15) is 0 Å². The van der Waals surface area contributed by atoms with Crippen molar-refractivity contribution < 1.29 is 0 Å². The highest BCUT2D eigenvalue weighted by atomic mass is 14.9. The summed E-state index contributed by atoms with van der Waals surface area (Å²) in [4.78, 5) is 8.38. The van der Waals surface area contributed by atoms with Crippen LogP contribution in [-0.4, -0.2) is 23.1 Å². The van der Waals surface area contributed by atoms with Crippen LogP contribution in [0.2, 0.25) is 0 Å². The Bertz CT molecular complexity index is 259. The number of nitrogens with zero attached hydrogens (tertiary/aromatic N) is 2. The van der Waals surface area contributed by atoms with Crippen molar-refractivity contribution in [2.45, 2.75) is 33.1 Å². The Hall–Kier alpha value is -0.960. The minimum Gasteiger partial charge on any atom is -0.316 e. The quantitative estimate of drug-likeness (QED) is 0.727. The van der Waals surface area contributed by atoms with Gasteiger partial charge in [-0.25, -0.2) is 0 Å². The Labute approximate surface area is 92.3 Å². The molecule has 1 rings (SSSR count). The molecule has 1 N–H and O–H groups in total. The molecular formula is C12H21N3. The van der Waals surface area contributed by atoms with Crippen LogP contribution in [0.4, 0.5) is 0 Å². The van der Waals surface area contributed by atoms with E-state index in [4.69, 9.17) is 0 Å². The van der Waals surface area contributed by atoms with Crippen LogP contribution in [0.15, 0.2) is 18.6 Å². The molecule has 1 unspecified atom stereocenters. The molecule has 0 aliphatic carbocycles. The molecule has 1 aromatic rings. The minimum atomic E-state index is 0.485. The van der Waals surface area contributed by atoms with Crippen LogP contribution in [0, 0.1) is 5.92 Å². The van der Waals surface area contributed by atoms with E-state index in [-0.39, 0.29) is 0 Å². The van der Waals surface area contributed by atoms with Gasteiger partial charge < -0.3 is 5.32 Å². The van der Waals surface area contributed by atoms with E-state index >= 15 is 0 Å². The Morgan fingerprint density at radius 3 is 2.67 bits per heavy atom. The van der Waals surface area contributed by atoms with Crippen molar-refractivity contribution in [3.8, 4) is 0 Å². The lowest BCUT2D eigenvalue weighted by Gasteiger charge is -2.11. The molecule has 0 amide bonds. The van der Waals surface area contributed by atoms with Crippen molar-refractivity contribution >= 4 is 0 Å². The fourth-order valence-electron chi connectivity index (χ4n) is 1.42. The van der Waals surface area contributed by atoms with Gasteiger partial charge in [0.2, 0.25) is 0 Å². The summed E-state index contributed by atoms with van der Waals surface area (Å²) < 4.78 is 0. The summed E-state index contributed by atoms with van der Waals surface area (Å²) in [5.41, 5.74) is 1.09. The Kier molecular flexibility index (Phi) is 5.26. The van der Waals surface area contributed by atoms with Crippen molar-refractivity contribution in [3.63, 3.8) is 0 Å². The van der Waals surface area contributed by atoms with E-state index in [1.165, 1.54) is 0 Å². The molecule has 0 radical (unpaired) electrons. The molecule has 0 aromatic carbocycles. The largest absolute Gasteiger partial charge is 0.316 e. The number of hydrogen-bond acceptors (Lipinski definition) is 3. The van der Waals surface area contributed by atoms with Crippen molar-refractivity contribution in [2.75, 3.05) is 13.1 Å². The first-order chi connectivity index (χ1) is 7.20. The second kappa shape index (κ2) is 6.51. The predicted molar refractivity (Wildman–Crippen MR) is 62.8 cm³/mol. The van der Waals surface area contributed by atoms with Gasteiger partial charge in [-0.3, -0.25) is 9.97 Å². The van der Waals surface area contributed by atoms with Gasteiger partial charge in [0, 0.05) is 24.5 Å². The summed E-state index contributed by atoms with van der Waals surface area (Å²) in [6, 6.07) is 0. The zero-order chi connectivity index (χ0) is 11.1. The van der Waals surface area contributed by atoms with Crippen molar-refractivity contribution in [3.05, 3.63) is 24.3 Å². The Morgan fingerprint density at radius 1 is 1.27 bits per heavy atom. The first-order valence-electron chi connectivity index (χ1n) is 5.66. The lowest BCUT2D eigenvalue weighted by atomic mass is 10.0. The monoisotopic (exact) mass is 207 g/mol. The van der Waals surface area contributed by atoms with Crippen LogP contribution >= 0.6 is 0 Å². The third-order valence-corrected chi connectivity index (χ3v) is 2.39. The van der Waals surface area contributed by atoms with Gasteiger partial charge in [-0.1, -0.05) is 20.8 Å². The van der Waals surface area contributed by atoms with Crippen LogP contribution in [0.3, 0.4) is 0 Å². The summed E-state index contributed by atoms with van der Waals surface area (Å²) in [6.45, 7) is 8.78. The molecule has 3 heteroatoms. The maximum Gasteiger partial charge on any atom is 0.0615 e. The first kappa shape index (κ1) is 12.1. The third-order valence-electron chi connectivity index (χ3n) is 2.39. The van der Waals surface area contributed by atoms with E-state index < -0.39 is 0 Å².